The minimum Gasteiger partial charge on any atom is -0.492 e. The Kier molecular flexibility index (Phi) is 8.24. The van der Waals surface area contributed by atoms with Crippen LogP contribution in [0.25, 0.3) is 0 Å². The van der Waals surface area contributed by atoms with Gasteiger partial charge in [-0.15, -0.1) is 12.4 Å². The number of halogens is 1. The standard InChI is InChI=1S/C16H24N2O3.ClH/c1-12(2)13-3-5-14(6-4-13)21-10-8-18-16(19)15-11-20-9-7-17-15;/h3-6,12,15,17H,7-11H2,1-2H3,(H,18,19);1H. The topological polar surface area (TPSA) is 59.6 Å². The SMILES string of the molecule is CC(C)c1ccc(OCCNC(=O)C2COCCN2)cc1.Cl. The third-order valence-corrected chi connectivity index (χ3v) is 3.45. The van der Waals surface area contributed by atoms with Crippen LogP contribution < -0.4 is 15.4 Å². The molecule has 2 N–H and O–H groups in total. The Morgan fingerprint density at radius 3 is 2.73 bits per heavy atom. The van der Waals surface area contributed by atoms with E-state index in [0.29, 0.717) is 32.3 Å². The summed E-state index contributed by atoms with van der Waals surface area (Å²) in [5.41, 5.74) is 1.29. The van der Waals surface area contributed by atoms with E-state index >= 15 is 0 Å². The van der Waals surface area contributed by atoms with Gasteiger partial charge in [-0.2, -0.15) is 0 Å². The molecule has 1 unspecified atom stereocenters. The number of benzene rings is 1. The van der Waals surface area contributed by atoms with E-state index in [9.17, 15) is 4.79 Å². The summed E-state index contributed by atoms with van der Waals surface area (Å²) in [4.78, 5) is 11.8. The molecule has 6 heteroatoms. The Labute approximate surface area is 138 Å². The number of nitrogens with one attached hydrogen (secondary N) is 2. The molecule has 0 spiro atoms. The number of hydrogen-bond acceptors (Lipinski definition) is 4. The van der Waals surface area contributed by atoms with Crippen molar-refractivity contribution in [2.45, 2.75) is 25.8 Å². The van der Waals surface area contributed by atoms with E-state index in [0.717, 1.165) is 12.3 Å². The van der Waals surface area contributed by atoms with Gasteiger partial charge in [0.25, 0.3) is 0 Å². The van der Waals surface area contributed by atoms with Crippen molar-refractivity contribution in [3.8, 4) is 5.75 Å². The van der Waals surface area contributed by atoms with Crippen molar-refractivity contribution in [1.82, 2.24) is 10.6 Å². The summed E-state index contributed by atoms with van der Waals surface area (Å²) < 4.78 is 10.9. The van der Waals surface area contributed by atoms with E-state index in [4.69, 9.17) is 9.47 Å². The van der Waals surface area contributed by atoms with Crippen molar-refractivity contribution in [1.29, 1.82) is 0 Å². The van der Waals surface area contributed by atoms with Gasteiger partial charge in [0.05, 0.1) is 19.8 Å². The van der Waals surface area contributed by atoms with E-state index in [1.807, 2.05) is 12.1 Å². The fraction of sp³-hybridized carbons (Fsp3) is 0.562. The van der Waals surface area contributed by atoms with Gasteiger partial charge in [-0.3, -0.25) is 4.79 Å². The van der Waals surface area contributed by atoms with Crippen LogP contribution in [0.3, 0.4) is 0 Å². The largest absolute Gasteiger partial charge is 0.492 e. The van der Waals surface area contributed by atoms with Crippen LogP contribution in [0.4, 0.5) is 0 Å². The van der Waals surface area contributed by atoms with Crippen LogP contribution in [0.5, 0.6) is 5.75 Å². The van der Waals surface area contributed by atoms with Crippen LogP contribution in [0, 0.1) is 0 Å². The van der Waals surface area contributed by atoms with Gasteiger partial charge >= 0.3 is 0 Å². The molecular formula is C16H25ClN2O3. The molecule has 1 saturated heterocycles. The molecule has 1 aromatic carbocycles. The van der Waals surface area contributed by atoms with E-state index in [2.05, 4.69) is 36.6 Å². The fourth-order valence-corrected chi connectivity index (χ4v) is 2.15. The smallest absolute Gasteiger partial charge is 0.239 e. The molecule has 1 aliphatic heterocycles. The Morgan fingerprint density at radius 2 is 2.14 bits per heavy atom. The van der Waals surface area contributed by atoms with Crippen molar-refractivity contribution in [3.05, 3.63) is 29.8 Å². The van der Waals surface area contributed by atoms with E-state index in [1.165, 1.54) is 5.56 Å². The maximum absolute atomic E-state index is 11.8. The highest BCUT2D eigenvalue weighted by Gasteiger charge is 2.20. The Balaban J connectivity index is 0.00000242. The molecule has 0 aromatic heterocycles. The van der Waals surface area contributed by atoms with Crippen LogP contribution in [-0.4, -0.2) is 44.9 Å². The normalized spacial score (nSPS) is 17.7. The summed E-state index contributed by atoms with van der Waals surface area (Å²) in [6.07, 6.45) is 0. The average molecular weight is 329 g/mol. The lowest BCUT2D eigenvalue weighted by Gasteiger charge is -2.22. The molecule has 22 heavy (non-hydrogen) atoms. The Hall–Kier alpha value is -1.30. The second-order valence-corrected chi connectivity index (χ2v) is 5.44. The van der Waals surface area contributed by atoms with Gasteiger partial charge in [-0.25, -0.2) is 0 Å². The van der Waals surface area contributed by atoms with Crippen molar-refractivity contribution in [3.63, 3.8) is 0 Å². The molecule has 1 aromatic rings. The van der Waals surface area contributed by atoms with E-state index in [-0.39, 0.29) is 24.4 Å². The number of hydrogen-bond donors (Lipinski definition) is 2. The molecular weight excluding hydrogens is 304 g/mol. The highest BCUT2D eigenvalue weighted by atomic mass is 35.5. The molecule has 2 rings (SSSR count). The molecule has 1 amide bonds. The summed E-state index contributed by atoms with van der Waals surface area (Å²) in [6, 6.07) is 7.83. The van der Waals surface area contributed by atoms with Gasteiger partial charge in [0.1, 0.15) is 18.4 Å². The quantitative estimate of drug-likeness (QED) is 0.781. The van der Waals surface area contributed by atoms with Gasteiger partial charge in [0.2, 0.25) is 5.91 Å². The summed E-state index contributed by atoms with van der Waals surface area (Å²) in [5.74, 6) is 1.31. The second kappa shape index (κ2) is 9.66. The number of carbonyl (C=O) groups is 1. The first kappa shape index (κ1) is 18.7. The molecule has 1 aliphatic rings. The van der Waals surface area contributed by atoms with Crippen LogP contribution in [-0.2, 0) is 9.53 Å². The van der Waals surface area contributed by atoms with Crippen molar-refractivity contribution >= 4 is 18.3 Å². The molecule has 1 heterocycles. The summed E-state index contributed by atoms with van der Waals surface area (Å²) >= 11 is 0. The highest BCUT2D eigenvalue weighted by Crippen LogP contribution is 2.18. The predicted octanol–water partition coefficient (Wildman–Crippen LogP) is 1.72. The van der Waals surface area contributed by atoms with Gasteiger partial charge in [0.15, 0.2) is 0 Å². The maximum Gasteiger partial charge on any atom is 0.239 e. The predicted molar refractivity (Wildman–Crippen MR) is 88.9 cm³/mol. The monoisotopic (exact) mass is 328 g/mol. The lowest BCUT2D eigenvalue weighted by Crippen LogP contribution is -2.51. The van der Waals surface area contributed by atoms with Gasteiger partial charge in [-0.1, -0.05) is 26.0 Å². The molecule has 124 valence electrons. The van der Waals surface area contributed by atoms with Crippen LogP contribution >= 0.6 is 12.4 Å². The molecule has 0 bridgehead atoms. The summed E-state index contributed by atoms with van der Waals surface area (Å²) in [7, 11) is 0. The van der Waals surface area contributed by atoms with Crippen LogP contribution in [0.2, 0.25) is 0 Å². The van der Waals surface area contributed by atoms with E-state index in [1.54, 1.807) is 0 Å². The molecule has 0 aliphatic carbocycles. The number of ether oxygens (including phenoxy) is 2. The molecule has 1 atom stereocenters. The van der Waals surface area contributed by atoms with E-state index < -0.39 is 0 Å². The minimum atomic E-state index is -0.246. The fourth-order valence-electron chi connectivity index (χ4n) is 2.15. The van der Waals surface area contributed by atoms with Crippen molar-refractivity contribution in [2.24, 2.45) is 0 Å². The maximum atomic E-state index is 11.8. The van der Waals surface area contributed by atoms with Gasteiger partial charge in [-0.05, 0) is 23.6 Å². The first-order valence-electron chi connectivity index (χ1n) is 7.48. The van der Waals surface area contributed by atoms with Crippen LogP contribution in [0.15, 0.2) is 24.3 Å². The van der Waals surface area contributed by atoms with Crippen molar-refractivity contribution < 1.29 is 14.3 Å². The van der Waals surface area contributed by atoms with Crippen LogP contribution in [0.1, 0.15) is 25.3 Å². The average Bonchev–Trinajstić information content (AvgIpc) is 2.52. The Morgan fingerprint density at radius 1 is 1.41 bits per heavy atom. The summed E-state index contributed by atoms with van der Waals surface area (Å²) in [5, 5.41) is 5.96. The van der Waals surface area contributed by atoms with Gasteiger partial charge in [0, 0.05) is 6.54 Å². The Bertz CT molecular complexity index is 445. The lowest BCUT2D eigenvalue weighted by atomic mass is 10.0. The minimum absolute atomic E-state index is 0. The number of rotatable bonds is 6. The first-order chi connectivity index (χ1) is 10.2. The third-order valence-electron chi connectivity index (χ3n) is 3.45. The zero-order valence-corrected chi connectivity index (χ0v) is 13.9. The van der Waals surface area contributed by atoms with Crippen molar-refractivity contribution in [2.75, 3.05) is 32.9 Å². The number of amides is 1. The van der Waals surface area contributed by atoms with Gasteiger partial charge < -0.3 is 20.1 Å². The number of morpholine rings is 1. The third kappa shape index (κ3) is 5.83. The zero-order chi connectivity index (χ0) is 15.1. The molecule has 0 radical (unpaired) electrons. The second-order valence-electron chi connectivity index (χ2n) is 5.44. The highest BCUT2D eigenvalue weighted by molar-refractivity contribution is 5.85. The zero-order valence-electron chi connectivity index (χ0n) is 13.1. The number of carbonyl (C=O) groups excluding carboxylic acids is 1. The first-order valence-corrected chi connectivity index (χ1v) is 7.48. The lowest BCUT2D eigenvalue weighted by molar-refractivity contribution is -0.126. The summed E-state index contributed by atoms with van der Waals surface area (Å²) in [6.45, 7) is 7.09. The molecule has 0 saturated carbocycles. The molecule has 1 fully saturated rings. The molecule has 5 nitrogen and oxygen atoms in total.